The van der Waals surface area contributed by atoms with Gasteiger partial charge in [-0.05, 0) is 43.4 Å². The van der Waals surface area contributed by atoms with E-state index in [9.17, 15) is 8.42 Å². The lowest BCUT2D eigenvalue weighted by molar-refractivity contribution is 0.443. The van der Waals surface area contributed by atoms with Gasteiger partial charge < -0.3 is 5.32 Å². The van der Waals surface area contributed by atoms with E-state index in [1.807, 2.05) is 13.1 Å². The van der Waals surface area contributed by atoms with Crippen LogP contribution in [0.2, 0.25) is 0 Å². The molecule has 1 aromatic heterocycles. The summed E-state index contributed by atoms with van der Waals surface area (Å²) in [6.45, 7) is 2.04. The smallest absolute Gasteiger partial charge is 0.260 e. The van der Waals surface area contributed by atoms with Crippen molar-refractivity contribution >= 4 is 10.0 Å². The fourth-order valence-corrected chi connectivity index (χ4v) is 4.86. The number of fused-ring (bicyclic) bond motifs is 1. The highest BCUT2D eigenvalue weighted by Crippen LogP contribution is 2.39. The SMILES string of the molecule is CNCc1ccc(S(=O)(=O)N2CC3CCCC3C2)nc1. The second-order valence-electron chi connectivity index (χ2n) is 5.81. The molecule has 1 aliphatic carbocycles. The van der Waals surface area contributed by atoms with E-state index in [-0.39, 0.29) is 5.03 Å². The average Bonchev–Trinajstić information content (AvgIpc) is 3.00. The van der Waals surface area contributed by atoms with Crippen LogP contribution in [0.5, 0.6) is 0 Å². The molecule has 2 aliphatic rings. The summed E-state index contributed by atoms with van der Waals surface area (Å²) >= 11 is 0. The highest BCUT2D eigenvalue weighted by molar-refractivity contribution is 7.89. The van der Waals surface area contributed by atoms with Crippen LogP contribution in [0.3, 0.4) is 0 Å². The maximum atomic E-state index is 12.6. The monoisotopic (exact) mass is 295 g/mol. The molecule has 1 saturated heterocycles. The molecular formula is C14H21N3O2S. The number of hydrogen-bond acceptors (Lipinski definition) is 4. The molecule has 2 unspecified atom stereocenters. The van der Waals surface area contributed by atoms with E-state index >= 15 is 0 Å². The molecule has 2 fully saturated rings. The Bertz CT molecular complexity index is 559. The third-order valence-corrected chi connectivity index (χ3v) is 6.22. The van der Waals surface area contributed by atoms with Crippen LogP contribution in [0.1, 0.15) is 24.8 Å². The van der Waals surface area contributed by atoms with Crippen LogP contribution in [-0.4, -0.2) is 37.8 Å². The van der Waals surface area contributed by atoms with E-state index in [2.05, 4.69) is 10.3 Å². The lowest BCUT2D eigenvalue weighted by Gasteiger charge is -2.16. The van der Waals surface area contributed by atoms with Gasteiger partial charge in [-0.25, -0.2) is 13.4 Å². The number of aromatic nitrogens is 1. The first-order chi connectivity index (χ1) is 9.61. The van der Waals surface area contributed by atoms with Crippen molar-refractivity contribution in [3.05, 3.63) is 23.9 Å². The van der Waals surface area contributed by atoms with Crippen molar-refractivity contribution in [2.24, 2.45) is 11.8 Å². The summed E-state index contributed by atoms with van der Waals surface area (Å²) in [7, 11) is -1.56. The van der Waals surface area contributed by atoms with E-state index in [0.717, 1.165) is 5.56 Å². The number of hydrogen-bond donors (Lipinski definition) is 1. The third-order valence-electron chi connectivity index (χ3n) is 4.48. The fraction of sp³-hybridized carbons (Fsp3) is 0.643. The van der Waals surface area contributed by atoms with Crippen LogP contribution in [-0.2, 0) is 16.6 Å². The van der Waals surface area contributed by atoms with E-state index < -0.39 is 10.0 Å². The van der Waals surface area contributed by atoms with Gasteiger partial charge >= 0.3 is 0 Å². The van der Waals surface area contributed by atoms with Gasteiger partial charge in [-0.3, -0.25) is 0 Å². The maximum Gasteiger partial charge on any atom is 0.260 e. The Labute approximate surface area is 120 Å². The molecular weight excluding hydrogens is 274 g/mol. The van der Waals surface area contributed by atoms with Gasteiger partial charge in [-0.2, -0.15) is 4.31 Å². The molecule has 1 aliphatic heterocycles. The van der Waals surface area contributed by atoms with Crippen molar-refractivity contribution in [2.45, 2.75) is 30.8 Å². The Kier molecular flexibility index (Phi) is 3.79. The maximum absolute atomic E-state index is 12.6. The standard InChI is InChI=1S/C14H21N3O2S/c1-15-7-11-5-6-14(16-8-11)20(18,19)17-9-12-3-2-4-13(12)10-17/h5-6,8,12-13,15H,2-4,7,9-10H2,1H3. The van der Waals surface area contributed by atoms with Crippen molar-refractivity contribution in [1.82, 2.24) is 14.6 Å². The molecule has 1 aromatic rings. The molecule has 0 bridgehead atoms. The van der Waals surface area contributed by atoms with Crippen LogP contribution in [0.4, 0.5) is 0 Å². The number of nitrogens with zero attached hydrogens (tertiary/aromatic N) is 2. The van der Waals surface area contributed by atoms with E-state index in [0.29, 0.717) is 31.5 Å². The van der Waals surface area contributed by atoms with Crippen LogP contribution in [0.25, 0.3) is 0 Å². The summed E-state index contributed by atoms with van der Waals surface area (Å²) in [6.07, 6.45) is 5.23. The van der Waals surface area contributed by atoms with Crippen molar-refractivity contribution in [1.29, 1.82) is 0 Å². The zero-order valence-electron chi connectivity index (χ0n) is 11.7. The first-order valence-electron chi connectivity index (χ1n) is 7.21. The van der Waals surface area contributed by atoms with Crippen molar-refractivity contribution in [3.8, 4) is 0 Å². The van der Waals surface area contributed by atoms with Gasteiger partial charge in [0.25, 0.3) is 10.0 Å². The van der Waals surface area contributed by atoms with E-state index in [1.165, 1.54) is 19.3 Å². The molecule has 110 valence electrons. The van der Waals surface area contributed by atoms with Crippen LogP contribution in [0, 0.1) is 11.8 Å². The Morgan fingerprint density at radius 2 is 2.00 bits per heavy atom. The molecule has 0 amide bonds. The van der Waals surface area contributed by atoms with Gasteiger partial charge in [0.2, 0.25) is 0 Å². The zero-order valence-corrected chi connectivity index (χ0v) is 12.6. The second kappa shape index (κ2) is 5.42. The third kappa shape index (κ3) is 2.47. The fourth-order valence-electron chi connectivity index (χ4n) is 3.39. The van der Waals surface area contributed by atoms with Gasteiger partial charge in [0.15, 0.2) is 5.03 Å². The number of sulfonamides is 1. The van der Waals surface area contributed by atoms with Gasteiger partial charge in [0.1, 0.15) is 0 Å². The summed E-state index contributed by atoms with van der Waals surface area (Å²) in [4.78, 5) is 4.14. The zero-order chi connectivity index (χ0) is 14.2. The largest absolute Gasteiger partial charge is 0.316 e. The number of pyridine rings is 1. The average molecular weight is 295 g/mol. The topological polar surface area (TPSA) is 62.3 Å². The molecule has 6 heteroatoms. The van der Waals surface area contributed by atoms with Gasteiger partial charge in [0, 0.05) is 25.8 Å². The molecule has 3 rings (SSSR count). The van der Waals surface area contributed by atoms with Gasteiger partial charge in [-0.1, -0.05) is 12.5 Å². The predicted octanol–water partition coefficient (Wildman–Crippen LogP) is 1.22. The van der Waals surface area contributed by atoms with Crippen LogP contribution in [0.15, 0.2) is 23.4 Å². The van der Waals surface area contributed by atoms with Crippen molar-refractivity contribution < 1.29 is 8.42 Å². The minimum Gasteiger partial charge on any atom is -0.316 e. The summed E-state index contributed by atoms with van der Waals surface area (Å²) < 4.78 is 26.8. The number of nitrogens with one attached hydrogen (secondary N) is 1. The van der Waals surface area contributed by atoms with Crippen molar-refractivity contribution in [2.75, 3.05) is 20.1 Å². The highest BCUT2D eigenvalue weighted by atomic mass is 32.2. The van der Waals surface area contributed by atoms with Gasteiger partial charge in [-0.15, -0.1) is 0 Å². The minimum atomic E-state index is -3.41. The lowest BCUT2D eigenvalue weighted by atomic mass is 10.0. The first kappa shape index (κ1) is 14.0. The Hall–Kier alpha value is -0.980. The predicted molar refractivity (Wildman–Crippen MR) is 76.6 cm³/mol. The Balaban J connectivity index is 1.78. The molecule has 1 saturated carbocycles. The highest BCUT2D eigenvalue weighted by Gasteiger charge is 2.41. The summed E-state index contributed by atoms with van der Waals surface area (Å²) in [5, 5.41) is 3.20. The second-order valence-corrected chi connectivity index (χ2v) is 7.69. The first-order valence-corrected chi connectivity index (χ1v) is 8.65. The Morgan fingerprint density at radius 3 is 2.55 bits per heavy atom. The van der Waals surface area contributed by atoms with E-state index in [1.54, 1.807) is 16.6 Å². The minimum absolute atomic E-state index is 0.178. The normalized spacial score (nSPS) is 26.9. The van der Waals surface area contributed by atoms with Gasteiger partial charge in [0.05, 0.1) is 0 Å². The lowest BCUT2D eigenvalue weighted by Crippen LogP contribution is -2.30. The van der Waals surface area contributed by atoms with Crippen LogP contribution < -0.4 is 5.32 Å². The van der Waals surface area contributed by atoms with Crippen LogP contribution >= 0.6 is 0 Å². The summed E-state index contributed by atoms with van der Waals surface area (Å²) in [5.74, 6) is 1.13. The molecule has 2 atom stereocenters. The quantitative estimate of drug-likeness (QED) is 0.907. The molecule has 20 heavy (non-hydrogen) atoms. The summed E-state index contributed by atoms with van der Waals surface area (Å²) in [5.41, 5.74) is 0.991. The molecule has 5 nitrogen and oxygen atoms in total. The number of rotatable bonds is 4. The molecule has 2 heterocycles. The Morgan fingerprint density at radius 1 is 1.30 bits per heavy atom. The molecule has 0 aromatic carbocycles. The van der Waals surface area contributed by atoms with E-state index in [4.69, 9.17) is 0 Å². The van der Waals surface area contributed by atoms with Crippen molar-refractivity contribution in [3.63, 3.8) is 0 Å². The molecule has 1 N–H and O–H groups in total. The molecule has 0 radical (unpaired) electrons. The molecule has 0 spiro atoms. The summed E-state index contributed by atoms with van der Waals surface area (Å²) in [6, 6.07) is 3.45.